The van der Waals surface area contributed by atoms with Gasteiger partial charge in [-0.2, -0.15) is 15.3 Å². The second-order valence-corrected chi connectivity index (χ2v) is 10.7. The highest BCUT2D eigenvalue weighted by Gasteiger charge is 2.65. The van der Waals surface area contributed by atoms with E-state index in [1.165, 1.54) is 25.1 Å². The Bertz CT molecular complexity index is 1300. The Kier molecular flexibility index (Phi) is 8.62. The summed E-state index contributed by atoms with van der Waals surface area (Å²) in [5.41, 5.74) is -0.299. The van der Waals surface area contributed by atoms with Crippen LogP contribution in [0.3, 0.4) is 0 Å². The number of rotatable bonds is 10. The Labute approximate surface area is 218 Å². The number of hydrogen-bond donors (Lipinski definition) is 4. The average molecular weight is 551 g/mol. The van der Waals surface area contributed by atoms with Gasteiger partial charge in [0.2, 0.25) is 0 Å². The molecule has 2 aromatic rings. The molecule has 0 amide bonds. The minimum atomic E-state index is -4.36. The number of carbonyl (C=O) groups is 1. The number of carbonyl (C=O) groups excluding carboxylic acids is 1. The lowest BCUT2D eigenvalue weighted by Crippen LogP contribution is -2.57. The second-order valence-electron chi connectivity index (χ2n) is 9.04. The average Bonchev–Trinajstić information content (AvgIpc) is 3.03. The van der Waals surface area contributed by atoms with Gasteiger partial charge in [0.25, 0.3) is 5.72 Å². The minimum Gasteiger partial charge on any atom is -0.462 e. The van der Waals surface area contributed by atoms with Crippen LogP contribution in [0.4, 0.5) is 5.82 Å². The summed E-state index contributed by atoms with van der Waals surface area (Å²) >= 11 is 0. The summed E-state index contributed by atoms with van der Waals surface area (Å²) in [5, 5.41) is 34.4. The Balaban J connectivity index is 1.88. The van der Waals surface area contributed by atoms with Gasteiger partial charge in [0.1, 0.15) is 35.9 Å². The van der Waals surface area contributed by atoms with Crippen LogP contribution in [-0.2, 0) is 29.1 Å². The molecular formula is C23H30N5O9P. The van der Waals surface area contributed by atoms with Crippen LogP contribution in [-0.4, -0.2) is 62.3 Å². The van der Waals surface area contributed by atoms with Gasteiger partial charge in [-0.1, -0.05) is 18.2 Å². The van der Waals surface area contributed by atoms with Crippen molar-refractivity contribution >= 4 is 19.5 Å². The number of hydrogen-bond acceptors (Lipinski definition) is 12. The van der Waals surface area contributed by atoms with Crippen LogP contribution in [0.1, 0.15) is 27.7 Å². The van der Waals surface area contributed by atoms with E-state index < -0.39 is 61.7 Å². The van der Waals surface area contributed by atoms with Crippen LogP contribution in [0.25, 0.3) is 0 Å². The Morgan fingerprint density at radius 1 is 1.34 bits per heavy atom. The van der Waals surface area contributed by atoms with Gasteiger partial charge in [0, 0.05) is 6.20 Å². The van der Waals surface area contributed by atoms with Gasteiger partial charge in [0.05, 0.1) is 12.7 Å². The van der Waals surface area contributed by atoms with E-state index in [0.717, 1.165) is 13.1 Å². The maximum absolute atomic E-state index is 13.7. The highest BCUT2D eigenvalue weighted by molar-refractivity contribution is 7.52. The number of esters is 1. The van der Waals surface area contributed by atoms with Crippen LogP contribution < -0.4 is 21.0 Å². The molecule has 1 aromatic carbocycles. The van der Waals surface area contributed by atoms with Crippen molar-refractivity contribution in [1.82, 2.24) is 14.6 Å². The zero-order chi connectivity index (χ0) is 28.3. The number of nitriles is 1. The van der Waals surface area contributed by atoms with Crippen molar-refractivity contribution in [2.45, 2.75) is 63.4 Å². The molecule has 0 aliphatic carbocycles. The van der Waals surface area contributed by atoms with Crippen LogP contribution >= 0.6 is 7.75 Å². The lowest BCUT2D eigenvalue weighted by atomic mass is 9.88. The molecule has 1 aliphatic rings. The summed E-state index contributed by atoms with van der Waals surface area (Å²) in [6.45, 7) is 5.08. The summed E-state index contributed by atoms with van der Waals surface area (Å²) in [5.74, 6) is -0.717. The zero-order valence-electron chi connectivity index (χ0n) is 21.2. The van der Waals surface area contributed by atoms with Crippen molar-refractivity contribution in [1.29, 1.82) is 5.26 Å². The molecule has 0 radical (unpaired) electrons. The quantitative estimate of drug-likeness (QED) is 0.236. The maximum Gasteiger partial charge on any atom is 0.459 e. The lowest BCUT2D eigenvalue weighted by molar-refractivity contribution is -0.151. The number of nitrogen functional groups attached to an aromatic ring is 1. The highest BCUT2D eigenvalue weighted by atomic mass is 31.2. The number of nitrogens with one attached hydrogen (secondary N) is 1. The third-order valence-corrected chi connectivity index (χ3v) is 7.33. The van der Waals surface area contributed by atoms with E-state index >= 15 is 0 Å². The van der Waals surface area contributed by atoms with E-state index in [-0.39, 0.29) is 11.6 Å². The molecule has 15 heteroatoms. The summed E-state index contributed by atoms with van der Waals surface area (Å²) in [7, 11) is -4.36. The van der Waals surface area contributed by atoms with Crippen LogP contribution in [0.2, 0.25) is 0 Å². The number of aliphatic hydroxyl groups is 2. The number of nitrogens with zero attached hydrogens (tertiary/aromatic N) is 3. The molecule has 0 bridgehead atoms. The molecule has 206 valence electrons. The van der Waals surface area contributed by atoms with Crippen LogP contribution in [0.5, 0.6) is 5.75 Å². The zero-order valence-corrected chi connectivity index (χ0v) is 22.1. The Hall–Kier alpha value is -3.31. The van der Waals surface area contributed by atoms with Crippen molar-refractivity contribution in [2.75, 3.05) is 12.3 Å². The predicted octanol–water partition coefficient (Wildman–Crippen LogP) is 0.646. The first kappa shape index (κ1) is 29.2. The lowest BCUT2D eigenvalue weighted by Gasteiger charge is -2.34. The molecule has 2 heterocycles. The Morgan fingerprint density at radius 2 is 2.00 bits per heavy atom. The number of para-hydroxylation sites is 1. The number of benzene rings is 1. The number of aliphatic hydroxyl groups excluding tert-OH is 1. The fraction of sp³-hybridized carbons (Fsp3) is 0.478. The largest absolute Gasteiger partial charge is 0.462 e. The van der Waals surface area contributed by atoms with Gasteiger partial charge in [-0.3, -0.25) is 13.9 Å². The number of nitrogens with two attached hydrogens (primary N) is 1. The van der Waals surface area contributed by atoms with E-state index in [1.807, 2.05) is 0 Å². The normalized spacial score (nSPS) is 27.3. The summed E-state index contributed by atoms with van der Waals surface area (Å²) < 4.78 is 36.2. The fourth-order valence-corrected chi connectivity index (χ4v) is 5.25. The minimum absolute atomic E-state index is 0.132. The Morgan fingerprint density at radius 3 is 2.58 bits per heavy atom. The SMILES string of the molecule is CC(C)OC(=O)[C@H](C)NP(=O)(OC[C@H]1O[C@@](C#N)(n2ccc(N)nc2=O)[C@](C)(O)[C@@H]1O)Oc1ccccc1. The first-order chi connectivity index (χ1) is 17.7. The second kappa shape index (κ2) is 11.2. The third kappa shape index (κ3) is 5.88. The van der Waals surface area contributed by atoms with Gasteiger partial charge < -0.3 is 29.9 Å². The molecule has 0 saturated carbocycles. The molecule has 1 aromatic heterocycles. The van der Waals surface area contributed by atoms with E-state index in [1.54, 1.807) is 38.1 Å². The summed E-state index contributed by atoms with van der Waals surface area (Å²) in [4.78, 5) is 28.3. The van der Waals surface area contributed by atoms with E-state index in [2.05, 4.69) is 10.1 Å². The van der Waals surface area contributed by atoms with Crippen molar-refractivity contribution in [3.8, 4) is 11.8 Å². The molecule has 1 fully saturated rings. The highest BCUT2D eigenvalue weighted by Crippen LogP contribution is 2.48. The smallest absolute Gasteiger partial charge is 0.459 e. The van der Waals surface area contributed by atoms with Crippen molar-refractivity contribution < 1.29 is 38.1 Å². The molecule has 1 unspecified atom stereocenters. The maximum atomic E-state index is 13.7. The van der Waals surface area contributed by atoms with Crippen molar-refractivity contribution in [3.05, 3.63) is 53.1 Å². The van der Waals surface area contributed by atoms with Crippen molar-refractivity contribution in [2.24, 2.45) is 0 Å². The molecule has 38 heavy (non-hydrogen) atoms. The fourth-order valence-electron chi connectivity index (χ4n) is 3.75. The first-order valence-corrected chi connectivity index (χ1v) is 13.1. The van der Waals surface area contributed by atoms with E-state index in [9.17, 15) is 29.6 Å². The van der Waals surface area contributed by atoms with Crippen LogP contribution in [0, 0.1) is 11.3 Å². The van der Waals surface area contributed by atoms with Gasteiger partial charge in [-0.25, -0.2) is 9.36 Å². The molecule has 1 saturated heterocycles. The third-order valence-electron chi connectivity index (χ3n) is 5.69. The summed E-state index contributed by atoms with van der Waals surface area (Å²) in [6.07, 6.45) is -2.64. The summed E-state index contributed by atoms with van der Waals surface area (Å²) in [6, 6.07) is 9.75. The molecule has 6 atom stereocenters. The molecular weight excluding hydrogens is 521 g/mol. The molecule has 3 rings (SSSR count). The van der Waals surface area contributed by atoms with Gasteiger partial charge in [-0.15, -0.1) is 0 Å². The molecule has 5 N–H and O–H groups in total. The molecule has 0 spiro atoms. The first-order valence-electron chi connectivity index (χ1n) is 11.6. The van der Waals surface area contributed by atoms with Gasteiger partial charge in [0.15, 0.2) is 5.60 Å². The van der Waals surface area contributed by atoms with E-state index in [4.69, 9.17) is 24.3 Å². The van der Waals surface area contributed by atoms with Crippen molar-refractivity contribution in [3.63, 3.8) is 0 Å². The van der Waals surface area contributed by atoms with Gasteiger partial charge in [-0.05, 0) is 45.9 Å². The van der Waals surface area contributed by atoms with Crippen LogP contribution in [0.15, 0.2) is 47.4 Å². The predicted molar refractivity (Wildman–Crippen MR) is 132 cm³/mol. The molecule has 1 aliphatic heterocycles. The number of aromatic nitrogens is 2. The van der Waals surface area contributed by atoms with Gasteiger partial charge >= 0.3 is 19.4 Å². The topological polar surface area (TPSA) is 208 Å². The monoisotopic (exact) mass is 551 g/mol. The van der Waals surface area contributed by atoms with E-state index in [0.29, 0.717) is 4.57 Å². The number of ether oxygens (including phenoxy) is 2. The number of anilines is 1. The standard InChI is InChI=1S/C23H30N5O9P/c1-14(2)35-20(30)15(3)27-38(33,37-16-8-6-5-7-9-16)34-12-17-19(29)22(4,32)23(13-24,36-17)28-11-10-18(25)26-21(28)31/h5-11,14-15,17,19,29,32H,12H2,1-4H3,(H,27,33)(H2,25,26,31)/t15-,17+,19+,22+,23+,38?/m0/s1. The molecule has 14 nitrogen and oxygen atoms in total.